The molecule has 1 aliphatic rings. The van der Waals surface area contributed by atoms with Gasteiger partial charge in [0, 0.05) is 21.6 Å². The second-order valence-corrected chi connectivity index (χ2v) is 9.32. The lowest BCUT2D eigenvalue weighted by Gasteiger charge is -2.33. The van der Waals surface area contributed by atoms with Gasteiger partial charge in [-0.25, -0.2) is 0 Å². The molecule has 1 aliphatic carbocycles. The van der Waals surface area contributed by atoms with Crippen LogP contribution in [-0.2, 0) is 10.8 Å². The molecule has 132 valence electrons. The van der Waals surface area contributed by atoms with Gasteiger partial charge in [0.25, 0.3) is 0 Å². The van der Waals surface area contributed by atoms with Gasteiger partial charge in [-0.3, -0.25) is 0 Å². The van der Waals surface area contributed by atoms with Crippen molar-refractivity contribution in [1.82, 2.24) is 0 Å². The summed E-state index contributed by atoms with van der Waals surface area (Å²) in [7, 11) is 0. The Morgan fingerprint density at radius 3 is 2.36 bits per heavy atom. The molecule has 0 amide bonds. The van der Waals surface area contributed by atoms with Crippen molar-refractivity contribution in [3.63, 3.8) is 0 Å². The van der Waals surface area contributed by atoms with Gasteiger partial charge in [-0.05, 0) is 53.6 Å². The lowest BCUT2D eigenvalue weighted by atomic mass is 9.74. The Labute approximate surface area is 160 Å². The maximum Gasteiger partial charge on any atom is 0.0445 e. The van der Waals surface area contributed by atoms with Gasteiger partial charge >= 0.3 is 0 Å². The van der Waals surface area contributed by atoms with Crippen LogP contribution in [0.4, 0.5) is 5.69 Å². The molecular weight excluding hydrogens is 370 g/mol. The van der Waals surface area contributed by atoms with Crippen LogP contribution in [0, 0.1) is 0 Å². The lowest BCUT2D eigenvalue weighted by Crippen LogP contribution is -2.29. The van der Waals surface area contributed by atoms with Crippen LogP contribution in [0.3, 0.4) is 0 Å². The topological polar surface area (TPSA) is 12.0 Å². The number of nitrogens with one attached hydrogen (secondary N) is 1. The number of anilines is 1. The molecule has 0 aliphatic heterocycles. The largest absolute Gasteiger partial charge is 0.379 e. The molecule has 3 rings (SSSR count). The van der Waals surface area contributed by atoms with E-state index in [4.69, 9.17) is 0 Å². The molecule has 0 heterocycles. The van der Waals surface area contributed by atoms with E-state index in [1.165, 1.54) is 16.8 Å². The van der Waals surface area contributed by atoms with Crippen LogP contribution in [0.1, 0.15) is 51.7 Å². The third-order valence-corrected chi connectivity index (χ3v) is 5.75. The fourth-order valence-corrected chi connectivity index (χ4v) is 3.85. The van der Waals surface area contributed by atoms with Gasteiger partial charge in [-0.15, -0.1) is 0 Å². The number of rotatable bonds is 3. The van der Waals surface area contributed by atoms with Gasteiger partial charge in [0.1, 0.15) is 0 Å². The van der Waals surface area contributed by atoms with E-state index in [1.54, 1.807) is 0 Å². The SMILES string of the molecule is CC(C)(C)c1ccc(NC2C=CC(C)(c3cccc(Br)c3)CC2)cc1. The number of halogens is 1. The maximum atomic E-state index is 3.66. The molecule has 0 spiro atoms. The van der Waals surface area contributed by atoms with Crippen molar-refractivity contribution in [3.05, 3.63) is 76.3 Å². The van der Waals surface area contributed by atoms with Crippen LogP contribution in [0.2, 0.25) is 0 Å². The van der Waals surface area contributed by atoms with Crippen molar-refractivity contribution in [2.45, 2.75) is 57.4 Å². The summed E-state index contributed by atoms with van der Waals surface area (Å²) in [5.74, 6) is 0. The average molecular weight is 398 g/mol. The summed E-state index contributed by atoms with van der Waals surface area (Å²) in [5, 5.41) is 3.66. The monoisotopic (exact) mass is 397 g/mol. The third-order valence-electron chi connectivity index (χ3n) is 5.26. The fraction of sp³-hybridized carbons (Fsp3) is 0.391. The Balaban J connectivity index is 1.69. The van der Waals surface area contributed by atoms with E-state index in [2.05, 4.69) is 110 Å². The minimum Gasteiger partial charge on any atom is -0.379 e. The van der Waals surface area contributed by atoms with Crippen molar-refractivity contribution in [2.75, 3.05) is 5.32 Å². The molecule has 0 radical (unpaired) electrons. The molecule has 2 unspecified atom stereocenters. The highest BCUT2D eigenvalue weighted by Gasteiger charge is 2.28. The van der Waals surface area contributed by atoms with Crippen LogP contribution >= 0.6 is 15.9 Å². The summed E-state index contributed by atoms with van der Waals surface area (Å²) in [6, 6.07) is 18.0. The smallest absolute Gasteiger partial charge is 0.0445 e. The van der Waals surface area contributed by atoms with E-state index in [-0.39, 0.29) is 10.8 Å². The quantitative estimate of drug-likeness (QED) is 0.559. The molecule has 0 saturated carbocycles. The number of allylic oxidation sites excluding steroid dienone is 1. The molecule has 0 fully saturated rings. The van der Waals surface area contributed by atoms with Crippen molar-refractivity contribution < 1.29 is 0 Å². The van der Waals surface area contributed by atoms with Crippen molar-refractivity contribution in [1.29, 1.82) is 0 Å². The summed E-state index contributed by atoms with van der Waals surface area (Å²) in [6.07, 6.45) is 7.00. The summed E-state index contributed by atoms with van der Waals surface area (Å²) in [4.78, 5) is 0. The molecular formula is C23H28BrN. The first-order valence-corrected chi connectivity index (χ1v) is 9.88. The Morgan fingerprint density at radius 1 is 1.08 bits per heavy atom. The lowest BCUT2D eigenvalue weighted by molar-refractivity contribution is 0.479. The fourth-order valence-electron chi connectivity index (χ4n) is 3.45. The maximum absolute atomic E-state index is 3.66. The first-order valence-electron chi connectivity index (χ1n) is 9.09. The molecule has 0 bridgehead atoms. The standard InChI is InChI=1S/C23H28BrN/c1-22(2,3)17-8-10-20(11-9-17)25-21-12-14-23(4,15-13-21)18-6-5-7-19(24)16-18/h5-12,14,16,21,25H,13,15H2,1-4H3. The molecule has 2 heteroatoms. The zero-order valence-corrected chi connectivity index (χ0v) is 17.2. The van der Waals surface area contributed by atoms with Crippen LogP contribution in [0.25, 0.3) is 0 Å². The second-order valence-electron chi connectivity index (χ2n) is 8.40. The molecule has 2 atom stereocenters. The highest BCUT2D eigenvalue weighted by Crippen LogP contribution is 2.36. The zero-order valence-electron chi connectivity index (χ0n) is 15.6. The van der Waals surface area contributed by atoms with Crippen molar-refractivity contribution in [2.24, 2.45) is 0 Å². The van der Waals surface area contributed by atoms with E-state index >= 15 is 0 Å². The van der Waals surface area contributed by atoms with Gasteiger partial charge in [-0.1, -0.05) is 80.0 Å². The summed E-state index contributed by atoms with van der Waals surface area (Å²) in [6.45, 7) is 9.09. The normalized spacial score (nSPS) is 23.5. The van der Waals surface area contributed by atoms with E-state index in [1.807, 2.05) is 0 Å². The van der Waals surface area contributed by atoms with Gasteiger partial charge in [0.2, 0.25) is 0 Å². The Kier molecular flexibility index (Phi) is 5.11. The highest BCUT2D eigenvalue weighted by atomic mass is 79.9. The summed E-state index contributed by atoms with van der Waals surface area (Å²) < 4.78 is 1.15. The summed E-state index contributed by atoms with van der Waals surface area (Å²) in [5.41, 5.74) is 4.28. The first kappa shape index (κ1) is 18.3. The molecule has 2 aromatic carbocycles. The van der Waals surface area contributed by atoms with E-state index in [0.29, 0.717) is 6.04 Å². The number of hydrogen-bond donors (Lipinski definition) is 1. The van der Waals surface area contributed by atoms with Gasteiger partial charge in [0.15, 0.2) is 0 Å². The van der Waals surface area contributed by atoms with Gasteiger partial charge in [0.05, 0.1) is 0 Å². The van der Waals surface area contributed by atoms with E-state index < -0.39 is 0 Å². The predicted molar refractivity (Wildman–Crippen MR) is 112 cm³/mol. The van der Waals surface area contributed by atoms with Crippen LogP contribution < -0.4 is 5.32 Å². The molecule has 25 heavy (non-hydrogen) atoms. The van der Waals surface area contributed by atoms with Crippen LogP contribution in [0.5, 0.6) is 0 Å². The summed E-state index contributed by atoms with van der Waals surface area (Å²) >= 11 is 3.59. The second kappa shape index (κ2) is 6.99. The zero-order chi connectivity index (χ0) is 18.1. The van der Waals surface area contributed by atoms with Crippen molar-refractivity contribution in [3.8, 4) is 0 Å². The molecule has 1 N–H and O–H groups in total. The van der Waals surface area contributed by atoms with E-state index in [9.17, 15) is 0 Å². The van der Waals surface area contributed by atoms with Crippen LogP contribution in [0.15, 0.2) is 65.2 Å². The van der Waals surface area contributed by atoms with E-state index in [0.717, 1.165) is 17.3 Å². The Bertz CT molecular complexity index is 754. The third kappa shape index (κ3) is 4.36. The van der Waals surface area contributed by atoms with Gasteiger partial charge < -0.3 is 5.32 Å². The van der Waals surface area contributed by atoms with Gasteiger partial charge in [-0.2, -0.15) is 0 Å². The Hall–Kier alpha value is -1.54. The molecule has 0 aromatic heterocycles. The Morgan fingerprint density at radius 2 is 1.80 bits per heavy atom. The first-order chi connectivity index (χ1) is 11.8. The number of benzene rings is 2. The predicted octanol–water partition coefficient (Wildman–Crippen LogP) is 6.84. The number of hydrogen-bond acceptors (Lipinski definition) is 1. The van der Waals surface area contributed by atoms with Crippen molar-refractivity contribution >= 4 is 21.6 Å². The average Bonchev–Trinajstić information content (AvgIpc) is 2.57. The molecule has 0 saturated heterocycles. The highest BCUT2D eigenvalue weighted by molar-refractivity contribution is 9.10. The minimum atomic E-state index is 0.123. The molecule has 1 nitrogen and oxygen atoms in total. The minimum absolute atomic E-state index is 0.123. The van der Waals surface area contributed by atoms with Crippen LogP contribution in [-0.4, -0.2) is 6.04 Å². The molecule has 2 aromatic rings.